The number of nitrogens with zero attached hydrogens (tertiary/aromatic N) is 1. The molecule has 3 heteroatoms. The Morgan fingerprint density at radius 1 is 1.46 bits per heavy atom. The van der Waals surface area contributed by atoms with Crippen molar-refractivity contribution in [3.8, 4) is 0 Å². The summed E-state index contributed by atoms with van der Waals surface area (Å²) in [5, 5.41) is 0. The Morgan fingerprint density at radius 3 is 2.62 bits per heavy atom. The second kappa shape index (κ2) is 4.70. The van der Waals surface area contributed by atoms with Crippen LogP contribution < -0.4 is 0 Å². The summed E-state index contributed by atoms with van der Waals surface area (Å²) in [6.45, 7) is 4.01. The number of hydrogen-bond donors (Lipinski definition) is 0. The predicted octanol–water partition coefficient (Wildman–Crippen LogP) is 3.90. The van der Waals surface area contributed by atoms with Gasteiger partial charge in [-0.15, -0.1) is 0 Å². The summed E-state index contributed by atoms with van der Waals surface area (Å²) in [5.41, 5.74) is 0.525. The number of pyridine rings is 1. The largest absolute Gasteiger partial charge is 0.257 e. The normalized spacial score (nSPS) is 13.3. The molecule has 0 amide bonds. The Morgan fingerprint density at radius 2 is 2.15 bits per heavy atom. The van der Waals surface area contributed by atoms with Crippen molar-refractivity contribution >= 4 is 15.9 Å². The van der Waals surface area contributed by atoms with Crippen molar-refractivity contribution < 1.29 is 4.39 Å². The molecule has 0 aromatic carbocycles. The second-order valence-corrected chi connectivity index (χ2v) is 4.41. The van der Waals surface area contributed by atoms with E-state index in [1.165, 1.54) is 0 Å². The van der Waals surface area contributed by atoms with Gasteiger partial charge in [0.2, 0.25) is 0 Å². The molecule has 0 aliphatic carbocycles. The predicted molar refractivity (Wildman–Crippen MR) is 55.2 cm³/mol. The summed E-state index contributed by atoms with van der Waals surface area (Å²) in [6.07, 6.45) is 1.23. The van der Waals surface area contributed by atoms with E-state index in [0.717, 1.165) is 4.47 Å². The zero-order valence-corrected chi connectivity index (χ0v) is 9.38. The SMILES string of the molecule is CC(C)CC(F)c1ccc(Br)cn1. The molecule has 1 atom stereocenters. The molecule has 0 aliphatic heterocycles. The summed E-state index contributed by atoms with van der Waals surface area (Å²) in [6, 6.07) is 3.53. The van der Waals surface area contributed by atoms with Crippen molar-refractivity contribution in [3.05, 3.63) is 28.5 Å². The Kier molecular flexibility index (Phi) is 3.85. The van der Waals surface area contributed by atoms with Crippen LogP contribution in [0.15, 0.2) is 22.8 Å². The molecule has 0 spiro atoms. The van der Waals surface area contributed by atoms with Gasteiger partial charge in [0, 0.05) is 10.7 Å². The molecule has 0 bridgehead atoms. The topological polar surface area (TPSA) is 12.9 Å². The number of halogens is 2. The third-order valence-electron chi connectivity index (χ3n) is 1.75. The van der Waals surface area contributed by atoms with E-state index < -0.39 is 6.17 Å². The summed E-state index contributed by atoms with van der Waals surface area (Å²) < 4.78 is 14.3. The molecule has 13 heavy (non-hydrogen) atoms. The van der Waals surface area contributed by atoms with E-state index in [-0.39, 0.29) is 0 Å². The molecule has 0 N–H and O–H groups in total. The molecule has 0 fully saturated rings. The fourth-order valence-electron chi connectivity index (χ4n) is 1.11. The first-order valence-electron chi connectivity index (χ1n) is 4.35. The van der Waals surface area contributed by atoms with E-state index in [2.05, 4.69) is 20.9 Å². The van der Waals surface area contributed by atoms with Gasteiger partial charge < -0.3 is 0 Å². The van der Waals surface area contributed by atoms with Crippen LogP contribution in [0.3, 0.4) is 0 Å². The number of hydrogen-bond acceptors (Lipinski definition) is 1. The molecule has 0 saturated heterocycles. The lowest BCUT2D eigenvalue weighted by Crippen LogP contribution is -1.99. The maximum Gasteiger partial charge on any atom is 0.142 e. The molecule has 72 valence electrons. The number of aromatic nitrogens is 1. The summed E-state index contributed by atoms with van der Waals surface area (Å²) in [5.74, 6) is 0.362. The van der Waals surface area contributed by atoms with E-state index in [4.69, 9.17) is 0 Å². The molecule has 1 rings (SSSR count). The smallest absolute Gasteiger partial charge is 0.142 e. The lowest BCUT2D eigenvalue weighted by atomic mass is 10.0. The van der Waals surface area contributed by atoms with Gasteiger partial charge in [-0.2, -0.15) is 0 Å². The minimum atomic E-state index is -0.937. The van der Waals surface area contributed by atoms with Crippen molar-refractivity contribution in [1.82, 2.24) is 4.98 Å². The van der Waals surface area contributed by atoms with Gasteiger partial charge in [-0.3, -0.25) is 4.98 Å². The molecule has 0 radical (unpaired) electrons. The standard InChI is InChI=1S/C10H13BrFN/c1-7(2)5-9(12)10-4-3-8(11)6-13-10/h3-4,6-7,9H,5H2,1-2H3. The molecule has 1 aromatic rings. The van der Waals surface area contributed by atoms with Crippen LogP contribution in [0.2, 0.25) is 0 Å². The average molecular weight is 246 g/mol. The van der Waals surface area contributed by atoms with E-state index in [9.17, 15) is 4.39 Å². The Bertz CT molecular complexity index is 258. The molecular weight excluding hydrogens is 233 g/mol. The lowest BCUT2D eigenvalue weighted by molar-refractivity contribution is 0.283. The van der Waals surface area contributed by atoms with Crippen molar-refractivity contribution in [2.24, 2.45) is 5.92 Å². The first-order valence-corrected chi connectivity index (χ1v) is 5.14. The Hall–Kier alpha value is -0.440. The minimum Gasteiger partial charge on any atom is -0.257 e. The van der Waals surface area contributed by atoms with E-state index in [0.29, 0.717) is 18.0 Å². The van der Waals surface area contributed by atoms with Crippen LogP contribution in [-0.2, 0) is 0 Å². The Balaban J connectivity index is 2.66. The van der Waals surface area contributed by atoms with Gasteiger partial charge >= 0.3 is 0 Å². The first kappa shape index (κ1) is 10.6. The first-order chi connectivity index (χ1) is 6.09. The van der Waals surface area contributed by atoms with Crippen molar-refractivity contribution in [2.75, 3.05) is 0 Å². The highest BCUT2D eigenvalue weighted by Crippen LogP contribution is 2.23. The van der Waals surface area contributed by atoms with Crippen LogP contribution in [0.4, 0.5) is 4.39 Å². The number of alkyl halides is 1. The fraction of sp³-hybridized carbons (Fsp3) is 0.500. The molecule has 1 nitrogen and oxygen atoms in total. The highest BCUT2D eigenvalue weighted by molar-refractivity contribution is 9.10. The van der Waals surface area contributed by atoms with Gasteiger partial charge in [0.25, 0.3) is 0 Å². The molecule has 0 aliphatic rings. The quantitative estimate of drug-likeness (QED) is 0.788. The lowest BCUT2D eigenvalue weighted by Gasteiger charge is -2.09. The van der Waals surface area contributed by atoms with Crippen molar-refractivity contribution in [3.63, 3.8) is 0 Å². The van der Waals surface area contributed by atoms with Crippen molar-refractivity contribution in [1.29, 1.82) is 0 Å². The Labute approximate surface area is 86.5 Å². The third-order valence-corrected chi connectivity index (χ3v) is 2.22. The van der Waals surface area contributed by atoms with Crippen LogP contribution in [0.1, 0.15) is 32.1 Å². The molecule has 1 unspecified atom stereocenters. The van der Waals surface area contributed by atoms with E-state index in [1.54, 1.807) is 12.3 Å². The molecule has 1 heterocycles. The number of rotatable bonds is 3. The van der Waals surface area contributed by atoms with Crippen LogP contribution in [0.25, 0.3) is 0 Å². The maximum absolute atomic E-state index is 13.4. The molecule has 1 aromatic heterocycles. The van der Waals surface area contributed by atoms with E-state index in [1.807, 2.05) is 19.9 Å². The third kappa shape index (κ3) is 3.43. The van der Waals surface area contributed by atoms with Crippen LogP contribution in [-0.4, -0.2) is 4.98 Å². The monoisotopic (exact) mass is 245 g/mol. The minimum absolute atomic E-state index is 0.362. The van der Waals surface area contributed by atoms with Crippen LogP contribution >= 0.6 is 15.9 Å². The summed E-state index contributed by atoms with van der Waals surface area (Å²) in [4.78, 5) is 4.01. The van der Waals surface area contributed by atoms with Crippen LogP contribution in [0.5, 0.6) is 0 Å². The molecular formula is C10H13BrFN. The molecule has 0 saturated carbocycles. The van der Waals surface area contributed by atoms with Crippen LogP contribution in [0, 0.1) is 5.92 Å². The second-order valence-electron chi connectivity index (χ2n) is 3.50. The zero-order valence-electron chi connectivity index (χ0n) is 7.80. The highest BCUT2D eigenvalue weighted by atomic mass is 79.9. The van der Waals surface area contributed by atoms with Gasteiger partial charge in [-0.25, -0.2) is 4.39 Å². The van der Waals surface area contributed by atoms with Gasteiger partial charge in [-0.1, -0.05) is 13.8 Å². The van der Waals surface area contributed by atoms with Crippen molar-refractivity contribution in [2.45, 2.75) is 26.4 Å². The van der Waals surface area contributed by atoms with Gasteiger partial charge in [-0.05, 0) is 40.4 Å². The van der Waals surface area contributed by atoms with Gasteiger partial charge in [0.15, 0.2) is 0 Å². The highest BCUT2D eigenvalue weighted by Gasteiger charge is 2.12. The van der Waals surface area contributed by atoms with Gasteiger partial charge in [0.05, 0.1) is 5.69 Å². The fourth-order valence-corrected chi connectivity index (χ4v) is 1.34. The van der Waals surface area contributed by atoms with Gasteiger partial charge in [0.1, 0.15) is 6.17 Å². The summed E-state index contributed by atoms with van der Waals surface area (Å²) >= 11 is 3.26. The van der Waals surface area contributed by atoms with E-state index >= 15 is 0 Å². The summed E-state index contributed by atoms with van der Waals surface area (Å²) in [7, 11) is 0. The average Bonchev–Trinajstić information content (AvgIpc) is 2.04. The maximum atomic E-state index is 13.4. The zero-order chi connectivity index (χ0) is 9.84.